The number of ether oxygens (including phenoxy) is 1. The lowest BCUT2D eigenvalue weighted by molar-refractivity contribution is 0.187. The number of anilines is 1. The molecule has 10 heteroatoms. The van der Waals surface area contributed by atoms with E-state index in [0.717, 1.165) is 5.39 Å². The highest BCUT2D eigenvalue weighted by molar-refractivity contribution is 6.35. The number of amides is 1. The van der Waals surface area contributed by atoms with Crippen molar-refractivity contribution in [3.63, 3.8) is 0 Å². The van der Waals surface area contributed by atoms with Gasteiger partial charge in [0.1, 0.15) is 23.2 Å². The second-order valence-corrected chi connectivity index (χ2v) is 6.66. The summed E-state index contributed by atoms with van der Waals surface area (Å²) in [6, 6.07) is 11.0. The summed E-state index contributed by atoms with van der Waals surface area (Å²) >= 11 is 6.44. The van der Waals surface area contributed by atoms with E-state index >= 15 is 0 Å². The van der Waals surface area contributed by atoms with Crippen LogP contribution in [0.15, 0.2) is 42.7 Å². The van der Waals surface area contributed by atoms with Crippen LogP contribution in [0.4, 0.5) is 10.6 Å². The van der Waals surface area contributed by atoms with Gasteiger partial charge in [0.05, 0.1) is 17.6 Å². The third kappa shape index (κ3) is 3.52. The zero-order valence-electron chi connectivity index (χ0n) is 15.9. The first-order chi connectivity index (χ1) is 14.5. The Morgan fingerprint density at radius 1 is 1.27 bits per heavy atom. The monoisotopic (exact) mass is 419 g/mol. The number of rotatable bonds is 3. The van der Waals surface area contributed by atoms with Crippen LogP contribution in [0.1, 0.15) is 5.69 Å². The number of pyridine rings is 1. The summed E-state index contributed by atoms with van der Waals surface area (Å²) in [5, 5.41) is 17.6. The number of carbonyl (C=O) groups excluding carboxylic acids is 1. The molecule has 0 aliphatic rings. The van der Waals surface area contributed by atoms with E-state index in [1.54, 1.807) is 42.3 Å². The number of halogens is 1. The number of hydrogen-bond acceptors (Lipinski definition) is 7. The highest BCUT2D eigenvalue weighted by Crippen LogP contribution is 2.34. The van der Waals surface area contributed by atoms with Gasteiger partial charge in [-0.1, -0.05) is 17.7 Å². The minimum atomic E-state index is -0.764. The van der Waals surface area contributed by atoms with E-state index < -0.39 is 6.09 Å². The van der Waals surface area contributed by atoms with E-state index in [1.807, 2.05) is 18.2 Å². The van der Waals surface area contributed by atoms with E-state index in [2.05, 4.69) is 30.1 Å². The van der Waals surface area contributed by atoms with Crippen LogP contribution in [-0.4, -0.2) is 37.9 Å². The first-order valence-electron chi connectivity index (χ1n) is 8.72. The van der Waals surface area contributed by atoms with Gasteiger partial charge in [-0.05, 0) is 24.3 Å². The second-order valence-electron chi connectivity index (χ2n) is 6.25. The van der Waals surface area contributed by atoms with Crippen molar-refractivity contribution in [1.29, 1.82) is 5.26 Å². The van der Waals surface area contributed by atoms with Crippen molar-refractivity contribution in [3.8, 4) is 28.7 Å². The molecule has 9 nitrogen and oxygen atoms in total. The number of aryl methyl sites for hydroxylation is 1. The molecule has 1 N–H and O–H groups in total. The highest BCUT2D eigenvalue weighted by Gasteiger charge is 2.21. The maximum Gasteiger partial charge on any atom is 0.412 e. The summed E-state index contributed by atoms with van der Waals surface area (Å²) in [7, 11) is 2.99. The third-order valence-corrected chi connectivity index (χ3v) is 4.58. The molecular formula is C20H14ClN7O2. The van der Waals surface area contributed by atoms with Crippen molar-refractivity contribution in [3.05, 3.63) is 53.4 Å². The smallest absolute Gasteiger partial charge is 0.412 e. The SMILES string of the molecule is COC(=O)Nc1nc(-c2ccn(C)n2)c(-c2cc(Cl)c3ncccc3c2)nc1C#N. The molecule has 0 saturated heterocycles. The normalized spacial score (nSPS) is 10.6. The molecule has 4 aromatic rings. The Morgan fingerprint density at radius 3 is 2.80 bits per heavy atom. The van der Waals surface area contributed by atoms with Gasteiger partial charge in [0.25, 0.3) is 0 Å². The number of nitrogens with zero attached hydrogens (tertiary/aromatic N) is 6. The highest BCUT2D eigenvalue weighted by atomic mass is 35.5. The van der Waals surface area contributed by atoms with Crippen LogP contribution in [0, 0.1) is 11.3 Å². The largest absolute Gasteiger partial charge is 0.453 e. The lowest BCUT2D eigenvalue weighted by atomic mass is 10.0. The Kier molecular flexibility index (Phi) is 5.00. The predicted octanol–water partition coefficient (Wildman–Crippen LogP) is 3.80. The lowest BCUT2D eigenvalue weighted by Gasteiger charge is -2.12. The molecule has 0 atom stereocenters. The summed E-state index contributed by atoms with van der Waals surface area (Å²) < 4.78 is 6.23. The molecule has 30 heavy (non-hydrogen) atoms. The Morgan fingerprint density at radius 2 is 2.10 bits per heavy atom. The predicted molar refractivity (Wildman–Crippen MR) is 111 cm³/mol. The Hall–Kier alpha value is -4.03. The summed E-state index contributed by atoms with van der Waals surface area (Å²) in [6.07, 6.45) is 2.65. The molecule has 0 spiro atoms. The van der Waals surface area contributed by atoms with Gasteiger partial charge in [-0.2, -0.15) is 10.4 Å². The van der Waals surface area contributed by atoms with Crippen molar-refractivity contribution in [2.75, 3.05) is 12.4 Å². The number of methoxy groups -OCH3 is 1. The van der Waals surface area contributed by atoms with Crippen LogP contribution < -0.4 is 5.32 Å². The van der Waals surface area contributed by atoms with E-state index in [0.29, 0.717) is 33.2 Å². The van der Waals surface area contributed by atoms with E-state index in [9.17, 15) is 10.1 Å². The molecule has 0 radical (unpaired) electrons. The molecule has 1 aromatic carbocycles. The molecule has 4 rings (SSSR count). The topological polar surface area (TPSA) is 119 Å². The summed E-state index contributed by atoms with van der Waals surface area (Å²) in [5.41, 5.74) is 2.50. The zero-order valence-corrected chi connectivity index (χ0v) is 16.7. The third-order valence-electron chi connectivity index (χ3n) is 4.30. The van der Waals surface area contributed by atoms with Gasteiger partial charge in [0.15, 0.2) is 11.5 Å². The van der Waals surface area contributed by atoms with Gasteiger partial charge in [-0.25, -0.2) is 14.8 Å². The van der Waals surface area contributed by atoms with Crippen LogP contribution in [0.2, 0.25) is 5.02 Å². The first kappa shape index (κ1) is 19.3. The fourth-order valence-electron chi connectivity index (χ4n) is 2.95. The van der Waals surface area contributed by atoms with Crippen LogP contribution in [0.5, 0.6) is 0 Å². The Bertz CT molecular complexity index is 1330. The fourth-order valence-corrected chi connectivity index (χ4v) is 3.23. The average Bonchev–Trinajstić information content (AvgIpc) is 3.19. The molecule has 3 heterocycles. The quantitative estimate of drug-likeness (QED) is 0.536. The minimum absolute atomic E-state index is 0.0256. The van der Waals surface area contributed by atoms with Gasteiger partial charge in [-0.3, -0.25) is 15.0 Å². The van der Waals surface area contributed by atoms with Crippen LogP contribution in [0.25, 0.3) is 33.5 Å². The number of nitrogens with one attached hydrogen (secondary N) is 1. The number of fused-ring (bicyclic) bond motifs is 1. The van der Waals surface area contributed by atoms with Crippen molar-refractivity contribution < 1.29 is 9.53 Å². The van der Waals surface area contributed by atoms with Gasteiger partial charge < -0.3 is 4.74 Å². The first-order valence-corrected chi connectivity index (χ1v) is 9.09. The van der Waals surface area contributed by atoms with E-state index in [4.69, 9.17) is 11.6 Å². The van der Waals surface area contributed by atoms with Crippen LogP contribution >= 0.6 is 11.6 Å². The number of benzene rings is 1. The molecule has 3 aromatic heterocycles. The van der Waals surface area contributed by atoms with E-state index in [1.165, 1.54) is 7.11 Å². The van der Waals surface area contributed by atoms with Gasteiger partial charge >= 0.3 is 6.09 Å². The second kappa shape index (κ2) is 7.77. The molecule has 148 valence electrons. The van der Waals surface area contributed by atoms with Crippen LogP contribution in [0.3, 0.4) is 0 Å². The van der Waals surface area contributed by atoms with Crippen molar-refractivity contribution in [1.82, 2.24) is 24.7 Å². The molecule has 0 aliphatic carbocycles. The molecule has 0 fully saturated rings. The molecular weight excluding hydrogens is 406 g/mol. The molecule has 0 bridgehead atoms. The van der Waals surface area contributed by atoms with Gasteiger partial charge in [0, 0.05) is 30.4 Å². The molecule has 0 aliphatic heterocycles. The lowest BCUT2D eigenvalue weighted by Crippen LogP contribution is -2.15. The molecule has 0 unspecified atom stereocenters. The van der Waals surface area contributed by atoms with Crippen molar-refractivity contribution in [2.24, 2.45) is 7.05 Å². The minimum Gasteiger partial charge on any atom is -0.453 e. The summed E-state index contributed by atoms with van der Waals surface area (Å²) in [5.74, 6) is -0.0256. The van der Waals surface area contributed by atoms with Crippen LogP contribution in [-0.2, 0) is 11.8 Å². The van der Waals surface area contributed by atoms with Crippen molar-refractivity contribution in [2.45, 2.75) is 0 Å². The number of hydrogen-bond donors (Lipinski definition) is 1. The summed E-state index contributed by atoms with van der Waals surface area (Å²) in [6.45, 7) is 0. The number of carbonyl (C=O) groups is 1. The van der Waals surface area contributed by atoms with Gasteiger partial charge in [0.2, 0.25) is 0 Å². The number of aromatic nitrogens is 5. The Labute approximate surface area is 175 Å². The maximum atomic E-state index is 11.7. The molecule has 1 amide bonds. The van der Waals surface area contributed by atoms with Gasteiger partial charge in [-0.15, -0.1) is 0 Å². The maximum absolute atomic E-state index is 11.7. The number of nitriles is 1. The van der Waals surface area contributed by atoms with E-state index in [-0.39, 0.29) is 11.5 Å². The summed E-state index contributed by atoms with van der Waals surface area (Å²) in [4.78, 5) is 24.9. The zero-order chi connectivity index (χ0) is 21.3. The fraction of sp³-hybridized carbons (Fsp3) is 0.100. The average molecular weight is 420 g/mol. The Balaban J connectivity index is 1.99. The molecule has 0 saturated carbocycles. The van der Waals surface area contributed by atoms with Crippen molar-refractivity contribution >= 4 is 34.4 Å². The standard InChI is InChI=1S/C20H14ClN7O2/c1-28-7-5-14(27-28)18-17(24-15(10-22)19(25-18)26-20(29)30-2)12-8-11-4-3-6-23-16(11)13(21)9-12/h3-9H,1-2H3,(H,25,26,29).